The molecule has 0 spiro atoms. The van der Waals surface area contributed by atoms with Gasteiger partial charge in [0, 0.05) is 30.1 Å². The van der Waals surface area contributed by atoms with Crippen molar-refractivity contribution in [2.75, 3.05) is 20.2 Å². The van der Waals surface area contributed by atoms with Crippen molar-refractivity contribution in [2.24, 2.45) is 5.73 Å². The van der Waals surface area contributed by atoms with Gasteiger partial charge in [0.05, 0.1) is 18.3 Å². The average molecular weight is 376 g/mol. The van der Waals surface area contributed by atoms with Crippen molar-refractivity contribution >= 4 is 23.3 Å². The summed E-state index contributed by atoms with van der Waals surface area (Å²) in [5.41, 5.74) is 8.22. The Morgan fingerprint density at radius 3 is 2.96 bits per heavy atom. The highest BCUT2D eigenvalue weighted by Crippen LogP contribution is 2.29. The molecule has 1 fully saturated rings. The predicted molar refractivity (Wildman–Crippen MR) is 96.5 cm³/mol. The highest BCUT2D eigenvalue weighted by molar-refractivity contribution is 7.07. The molecule has 3 N–H and O–H groups in total. The van der Waals surface area contributed by atoms with Crippen molar-refractivity contribution in [3.63, 3.8) is 0 Å². The predicted octanol–water partition coefficient (Wildman–Crippen LogP) is 1.61. The summed E-state index contributed by atoms with van der Waals surface area (Å²) in [6.45, 7) is 1.33. The number of rotatable bonds is 6. The number of primary amides is 1. The monoisotopic (exact) mass is 376 g/mol. The molecule has 9 heteroatoms. The van der Waals surface area contributed by atoms with Crippen LogP contribution in [-0.2, 0) is 6.61 Å². The van der Waals surface area contributed by atoms with Gasteiger partial charge in [-0.1, -0.05) is 0 Å². The summed E-state index contributed by atoms with van der Waals surface area (Å²) in [5.74, 6) is 0.909. The van der Waals surface area contributed by atoms with E-state index in [0.717, 1.165) is 5.69 Å². The standard InChI is InChI=1S/C17H20N4O4S/c1-24-15-6-11(2-3-14(15)25-8-13-9-26-10-19-13)16(22)21-5-4-12(7-21)20-17(18)23/h2-3,6,9-10,12H,4-5,7-8H2,1H3,(H3,18,20,23)/t12-/m1/s1. The lowest BCUT2D eigenvalue weighted by molar-refractivity contribution is 0.0789. The summed E-state index contributed by atoms with van der Waals surface area (Å²) in [6, 6.07) is 4.39. The number of benzene rings is 1. The fourth-order valence-electron chi connectivity index (χ4n) is 2.83. The first kappa shape index (κ1) is 18.0. The highest BCUT2D eigenvalue weighted by atomic mass is 32.1. The second-order valence-electron chi connectivity index (χ2n) is 5.88. The number of carbonyl (C=O) groups excluding carboxylic acids is 2. The summed E-state index contributed by atoms with van der Waals surface area (Å²) < 4.78 is 11.1. The number of nitrogens with two attached hydrogens (primary N) is 1. The summed E-state index contributed by atoms with van der Waals surface area (Å²) >= 11 is 1.50. The van der Waals surface area contributed by atoms with E-state index < -0.39 is 6.03 Å². The summed E-state index contributed by atoms with van der Waals surface area (Å²) in [4.78, 5) is 29.5. The van der Waals surface area contributed by atoms with E-state index in [-0.39, 0.29) is 11.9 Å². The van der Waals surface area contributed by atoms with E-state index in [1.807, 2.05) is 5.38 Å². The minimum Gasteiger partial charge on any atom is -0.493 e. The quantitative estimate of drug-likeness (QED) is 0.797. The van der Waals surface area contributed by atoms with Crippen LogP contribution >= 0.6 is 11.3 Å². The first-order valence-electron chi connectivity index (χ1n) is 8.10. The number of thiazole rings is 1. The molecule has 26 heavy (non-hydrogen) atoms. The van der Waals surface area contributed by atoms with Crippen LogP contribution < -0.4 is 20.5 Å². The van der Waals surface area contributed by atoms with Crippen molar-refractivity contribution < 1.29 is 19.1 Å². The van der Waals surface area contributed by atoms with Gasteiger partial charge < -0.3 is 25.4 Å². The summed E-state index contributed by atoms with van der Waals surface area (Å²) in [7, 11) is 1.53. The number of hydrogen-bond donors (Lipinski definition) is 2. The molecule has 0 saturated carbocycles. The van der Waals surface area contributed by atoms with Crippen molar-refractivity contribution in [3.05, 3.63) is 40.3 Å². The molecule has 0 bridgehead atoms. The second kappa shape index (κ2) is 8.05. The maximum atomic E-state index is 12.7. The summed E-state index contributed by atoms with van der Waals surface area (Å²) in [6.07, 6.45) is 0.681. The third kappa shape index (κ3) is 4.23. The maximum absolute atomic E-state index is 12.7. The molecule has 1 aliphatic heterocycles. The van der Waals surface area contributed by atoms with Crippen LogP contribution in [0.5, 0.6) is 11.5 Å². The molecule has 1 aromatic heterocycles. The Morgan fingerprint density at radius 2 is 2.27 bits per heavy atom. The molecule has 8 nitrogen and oxygen atoms in total. The van der Waals surface area contributed by atoms with Gasteiger partial charge in [-0.05, 0) is 24.6 Å². The van der Waals surface area contributed by atoms with Gasteiger partial charge in [0.25, 0.3) is 5.91 Å². The van der Waals surface area contributed by atoms with Crippen LogP contribution in [0, 0.1) is 0 Å². The smallest absolute Gasteiger partial charge is 0.312 e. The Bertz CT molecular complexity index is 781. The first-order chi connectivity index (χ1) is 12.6. The molecular formula is C17H20N4O4S. The van der Waals surface area contributed by atoms with Crippen molar-refractivity contribution in [2.45, 2.75) is 19.1 Å². The lowest BCUT2D eigenvalue weighted by atomic mass is 10.1. The van der Waals surface area contributed by atoms with Crippen molar-refractivity contribution in [3.8, 4) is 11.5 Å². The minimum atomic E-state index is -0.576. The van der Waals surface area contributed by atoms with E-state index in [1.165, 1.54) is 18.4 Å². The number of nitrogens with one attached hydrogen (secondary N) is 1. The lowest BCUT2D eigenvalue weighted by Crippen LogP contribution is -2.41. The number of amides is 3. The number of aromatic nitrogens is 1. The third-order valence-corrected chi connectivity index (χ3v) is 4.73. The molecule has 1 aromatic carbocycles. The highest BCUT2D eigenvalue weighted by Gasteiger charge is 2.28. The number of ether oxygens (including phenoxy) is 2. The molecular weight excluding hydrogens is 356 g/mol. The van der Waals surface area contributed by atoms with E-state index in [2.05, 4.69) is 10.3 Å². The van der Waals surface area contributed by atoms with Gasteiger partial charge >= 0.3 is 6.03 Å². The Kier molecular flexibility index (Phi) is 5.57. The Labute approximate surface area is 154 Å². The zero-order valence-corrected chi connectivity index (χ0v) is 15.1. The third-order valence-electron chi connectivity index (χ3n) is 4.09. The molecule has 0 aliphatic carbocycles. The molecule has 3 amide bonds. The van der Waals surface area contributed by atoms with Gasteiger partial charge in [-0.2, -0.15) is 0 Å². The second-order valence-corrected chi connectivity index (χ2v) is 6.60. The van der Waals surface area contributed by atoms with Gasteiger partial charge in [0.2, 0.25) is 0 Å². The first-order valence-corrected chi connectivity index (χ1v) is 9.04. The molecule has 0 unspecified atom stereocenters. The molecule has 3 rings (SSSR count). The Morgan fingerprint density at radius 1 is 1.42 bits per heavy atom. The molecule has 0 radical (unpaired) electrons. The van der Waals surface area contributed by atoms with Gasteiger partial charge in [-0.25, -0.2) is 9.78 Å². The summed E-state index contributed by atoms with van der Waals surface area (Å²) in [5, 5.41) is 4.55. The van der Waals surface area contributed by atoms with Gasteiger partial charge in [-0.15, -0.1) is 11.3 Å². The topological polar surface area (TPSA) is 107 Å². The van der Waals surface area contributed by atoms with E-state index in [1.54, 1.807) is 28.6 Å². The number of hydrogen-bond acceptors (Lipinski definition) is 6. The number of methoxy groups -OCH3 is 1. The Hall–Kier alpha value is -2.81. The zero-order valence-electron chi connectivity index (χ0n) is 14.3. The van der Waals surface area contributed by atoms with E-state index in [9.17, 15) is 9.59 Å². The lowest BCUT2D eigenvalue weighted by Gasteiger charge is -2.18. The van der Waals surface area contributed by atoms with Crippen LogP contribution in [-0.4, -0.2) is 48.1 Å². The SMILES string of the molecule is COc1cc(C(=O)N2CC[C@@H](NC(N)=O)C2)ccc1OCc1cscn1. The van der Waals surface area contributed by atoms with E-state index >= 15 is 0 Å². The zero-order chi connectivity index (χ0) is 18.5. The molecule has 2 aromatic rings. The molecule has 2 heterocycles. The van der Waals surface area contributed by atoms with Crippen LogP contribution in [0.1, 0.15) is 22.5 Å². The van der Waals surface area contributed by atoms with Crippen LogP contribution in [0.25, 0.3) is 0 Å². The molecule has 138 valence electrons. The molecule has 1 saturated heterocycles. The van der Waals surface area contributed by atoms with E-state index in [0.29, 0.717) is 43.2 Å². The van der Waals surface area contributed by atoms with Gasteiger partial charge in [0.15, 0.2) is 11.5 Å². The van der Waals surface area contributed by atoms with Crippen molar-refractivity contribution in [1.82, 2.24) is 15.2 Å². The van der Waals surface area contributed by atoms with Gasteiger partial charge in [0.1, 0.15) is 6.61 Å². The Balaban J connectivity index is 1.66. The van der Waals surface area contributed by atoms with Crippen molar-refractivity contribution in [1.29, 1.82) is 0 Å². The number of nitrogens with zero attached hydrogens (tertiary/aromatic N) is 2. The fourth-order valence-corrected chi connectivity index (χ4v) is 3.37. The van der Waals surface area contributed by atoms with Crippen LogP contribution in [0.4, 0.5) is 4.79 Å². The fraction of sp³-hybridized carbons (Fsp3) is 0.353. The minimum absolute atomic E-state index is 0.112. The number of carbonyl (C=O) groups is 2. The van der Waals surface area contributed by atoms with Crippen LogP contribution in [0.3, 0.4) is 0 Å². The largest absolute Gasteiger partial charge is 0.493 e. The van der Waals surface area contributed by atoms with Crippen LogP contribution in [0.2, 0.25) is 0 Å². The normalized spacial score (nSPS) is 16.3. The average Bonchev–Trinajstić information content (AvgIpc) is 3.30. The molecule has 1 aliphatic rings. The number of urea groups is 1. The number of likely N-dealkylation sites (tertiary alicyclic amines) is 1. The van der Waals surface area contributed by atoms with E-state index in [4.69, 9.17) is 15.2 Å². The van der Waals surface area contributed by atoms with Gasteiger partial charge in [-0.3, -0.25) is 4.79 Å². The van der Waals surface area contributed by atoms with Crippen LogP contribution in [0.15, 0.2) is 29.1 Å². The maximum Gasteiger partial charge on any atom is 0.312 e. The molecule has 1 atom stereocenters.